The molecule has 2 heterocycles. The van der Waals surface area contributed by atoms with Crippen molar-refractivity contribution in [1.82, 2.24) is 10.3 Å². The fraction of sp³-hybridized carbons (Fsp3) is 0.200. The van der Waals surface area contributed by atoms with Crippen LogP contribution in [-0.4, -0.2) is 18.2 Å². The van der Waals surface area contributed by atoms with Crippen LogP contribution in [0.4, 0.5) is 4.79 Å². The van der Waals surface area contributed by atoms with E-state index in [1.165, 1.54) is 0 Å². The Hall–Kier alpha value is -2.08. The Balaban J connectivity index is 1.97. The first kappa shape index (κ1) is 13.9. The first-order chi connectivity index (χ1) is 10.2. The van der Waals surface area contributed by atoms with Crippen molar-refractivity contribution in [2.75, 3.05) is 7.11 Å². The van der Waals surface area contributed by atoms with Crippen molar-refractivity contribution in [2.24, 2.45) is 0 Å². The number of ether oxygens (including phenoxy) is 2. The van der Waals surface area contributed by atoms with Gasteiger partial charge in [-0.25, -0.2) is 9.78 Å². The molecule has 1 aliphatic heterocycles. The highest BCUT2D eigenvalue weighted by Gasteiger charge is 2.37. The zero-order chi connectivity index (χ0) is 14.8. The maximum Gasteiger partial charge on any atom is 0.408 e. The van der Waals surface area contributed by atoms with E-state index in [4.69, 9.17) is 9.47 Å². The van der Waals surface area contributed by atoms with Crippen LogP contribution in [0.25, 0.3) is 0 Å². The van der Waals surface area contributed by atoms with Gasteiger partial charge in [0.15, 0.2) is 6.10 Å². The number of hydrogen-bond acceptors (Lipinski definition) is 4. The van der Waals surface area contributed by atoms with E-state index < -0.39 is 12.2 Å². The summed E-state index contributed by atoms with van der Waals surface area (Å²) in [4.78, 5) is 16.0. The molecular weight excluding hydrogens is 336 g/mol. The number of rotatable bonds is 3. The zero-order valence-electron chi connectivity index (χ0n) is 11.2. The van der Waals surface area contributed by atoms with Gasteiger partial charge in [-0.15, -0.1) is 0 Å². The quantitative estimate of drug-likeness (QED) is 0.863. The molecule has 3 rings (SSSR count). The summed E-state index contributed by atoms with van der Waals surface area (Å²) in [6.07, 6.45) is -0.885. The van der Waals surface area contributed by atoms with Crippen LogP contribution in [0.15, 0.2) is 47.1 Å². The van der Waals surface area contributed by atoms with E-state index >= 15 is 0 Å². The van der Waals surface area contributed by atoms with Crippen molar-refractivity contribution in [1.29, 1.82) is 0 Å². The average molecular weight is 349 g/mol. The number of halogens is 1. The lowest BCUT2D eigenvalue weighted by Gasteiger charge is -2.17. The Morgan fingerprint density at radius 2 is 2.10 bits per heavy atom. The van der Waals surface area contributed by atoms with Crippen LogP contribution in [0.1, 0.15) is 23.4 Å². The van der Waals surface area contributed by atoms with E-state index in [1.54, 1.807) is 7.11 Å². The van der Waals surface area contributed by atoms with Gasteiger partial charge in [-0.1, -0.05) is 18.2 Å². The number of methoxy groups -OCH3 is 1. The van der Waals surface area contributed by atoms with Gasteiger partial charge in [0.25, 0.3) is 0 Å². The van der Waals surface area contributed by atoms with Gasteiger partial charge in [-0.05, 0) is 45.8 Å². The second kappa shape index (κ2) is 5.73. The standard InChI is InChI=1S/C15H13BrN2O3/c1-20-10-5-2-4-9(8-10)14-13(18-15(19)21-14)11-6-3-7-12(16)17-11/h2-8,13-14H,1H3,(H,18,19)/t13-,14-/m1/s1. The summed E-state index contributed by atoms with van der Waals surface area (Å²) in [6.45, 7) is 0. The molecule has 5 nitrogen and oxygen atoms in total. The van der Waals surface area contributed by atoms with Crippen molar-refractivity contribution < 1.29 is 14.3 Å². The van der Waals surface area contributed by atoms with Crippen LogP contribution in [0.5, 0.6) is 5.75 Å². The lowest BCUT2D eigenvalue weighted by atomic mass is 10.00. The third kappa shape index (κ3) is 2.85. The van der Waals surface area contributed by atoms with Gasteiger partial charge in [-0.2, -0.15) is 0 Å². The molecule has 1 fully saturated rings. The van der Waals surface area contributed by atoms with Crippen LogP contribution < -0.4 is 10.1 Å². The minimum absolute atomic E-state index is 0.331. The van der Waals surface area contributed by atoms with Crippen LogP contribution in [0, 0.1) is 0 Å². The Morgan fingerprint density at radius 1 is 1.29 bits per heavy atom. The van der Waals surface area contributed by atoms with E-state index in [0.29, 0.717) is 4.60 Å². The monoisotopic (exact) mass is 348 g/mol. The van der Waals surface area contributed by atoms with Crippen molar-refractivity contribution >= 4 is 22.0 Å². The van der Waals surface area contributed by atoms with E-state index in [1.807, 2.05) is 42.5 Å². The smallest absolute Gasteiger partial charge is 0.408 e. The SMILES string of the molecule is COc1cccc([C@H]2OC(=O)N[C@@H]2c2cccc(Br)n2)c1. The first-order valence-electron chi connectivity index (χ1n) is 6.41. The predicted octanol–water partition coefficient (Wildman–Crippen LogP) is 3.37. The van der Waals surface area contributed by atoms with Crippen LogP contribution in [0.3, 0.4) is 0 Å². The fourth-order valence-electron chi connectivity index (χ4n) is 2.33. The zero-order valence-corrected chi connectivity index (χ0v) is 12.8. The number of amides is 1. The molecule has 2 aromatic rings. The van der Waals surface area contributed by atoms with Gasteiger partial charge in [0.2, 0.25) is 0 Å². The minimum atomic E-state index is -0.449. The molecule has 6 heteroatoms. The molecule has 1 aliphatic rings. The van der Waals surface area contributed by atoms with Crippen LogP contribution in [0.2, 0.25) is 0 Å². The molecule has 0 unspecified atom stereocenters. The minimum Gasteiger partial charge on any atom is -0.497 e. The van der Waals surface area contributed by atoms with Gasteiger partial charge in [0.05, 0.1) is 12.8 Å². The van der Waals surface area contributed by atoms with Gasteiger partial charge in [0.1, 0.15) is 16.4 Å². The van der Waals surface area contributed by atoms with E-state index in [0.717, 1.165) is 17.0 Å². The number of benzene rings is 1. The summed E-state index contributed by atoms with van der Waals surface area (Å²) in [7, 11) is 1.60. The Labute approximate surface area is 130 Å². The van der Waals surface area contributed by atoms with Crippen LogP contribution in [-0.2, 0) is 4.74 Å². The van der Waals surface area contributed by atoms with Gasteiger partial charge in [-0.3, -0.25) is 0 Å². The number of carbonyl (C=O) groups is 1. The predicted molar refractivity (Wildman–Crippen MR) is 80.0 cm³/mol. The third-order valence-electron chi connectivity index (χ3n) is 3.29. The topological polar surface area (TPSA) is 60.5 Å². The highest BCUT2D eigenvalue weighted by Crippen LogP contribution is 2.37. The molecule has 108 valence electrons. The molecule has 0 radical (unpaired) electrons. The molecule has 0 bridgehead atoms. The van der Waals surface area contributed by atoms with E-state index in [-0.39, 0.29) is 6.04 Å². The number of alkyl carbamates (subject to hydrolysis) is 1. The summed E-state index contributed by atoms with van der Waals surface area (Å²) in [5, 5.41) is 2.80. The molecule has 2 atom stereocenters. The lowest BCUT2D eigenvalue weighted by Crippen LogP contribution is -2.20. The van der Waals surface area contributed by atoms with Crippen molar-refractivity contribution in [3.05, 3.63) is 58.3 Å². The maximum absolute atomic E-state index is 11.6. The molecule has 0 aliphatic carbocycles. The molecule has 1 saturated heterocycles. The van der Waals surface area contributed by atoms with Crippen LogP contribution >= 0.6 is 15.9 Å². The first-order valence-corrected chi connectivity index (χ1v) is 7.20. The summed E-state index contributed by atoms with van der Waals surface area (Å²) in [5.41, 5.74) is 1.60. The summed E-state index contributed by atoms with van der Waals surface area (Å²) >= 11 is 3.34. The Kier molecular flexibility index (Phi) is 3.79. The van der Waals surface area contributed by atoms with Crippen molar-refractivity contribution in [2.45, 2.75) is 12.1 Å². The highest BCUT2D eigenvalue weighted by atomic mass is 79.9. The number of hydrogen-bond donors (Lipinski definition) is 1. The Bertz CT molecular complexity index is 677. The normalized spacial score (nSPS) is 20.8. The molecule has 1 amide bonds. The summed E-state index contributed by atoms with van der Waals surface area (Å²) < 4.78 is 11.3. The number of pyridine rings is 1. The summed E-state index contributed by atoms with van der Waals surface area (Å²) in [6, 6.07) is 12.7. The number of nitrogens with zero attached hydrogens (tertiary/aromatic N) is 1. The van der Waals surface area contributed by atoms with Crippen molar-refractivity contribution in [3.8, 4) is 5.75 Å². The summed E-state index contributed by atoms with van der Waals surface area (Å²) in [5.74, 6) is 0.719. The number of aromatic nitrogens is 1. The molecule has 21 heavy (non-hydrogen) atoms. The average Bonchev–Trinajstić information content (AvgIpc) is 2.89. The molecule has 1 N–H and O–H groups in total. The largest absolute Gasteiger partial charge is 0.497 e. The molecule has 0 saturated carbocycles. The van der Waals surface area contributed by atoms with E-state index in [2.05, 4.69) is 26.2 Å². The highest BCUT2D eigenvalue weighted by molar-refractivity contribution is 9.10. The lowest BCUT2D eigenvalue weighted by molar-refractivity contribution is 0.131. The molecule has 0 spiro atoms. The van der Waals surface area contributed by atoms with Gasteiger partial charge < -0.3 is 14.8 Å². The second-order valence-corrected chi connectivity index (χ2v) is 5.42. The third-order valence-corrected chi connectivity index (χ3v) is 3.73. The molecule has 1 aromatic carbocycles. The number of cyclic esters (lactones) is 1. The number of nitrogens with one attached hydrogen (secondary N) is 1. The van der Waals surface area contributed by atoms with Crippen molar-refractivity contribution in [3.63, 3.8) is 0 Å². The van der Waals surface area contributed by atoms with Gasteiger partial charge >= 0.3 is 6.09 Å². The van der Waals surface area contributed by atoms with Gasteiger partial charge in [0, 0.05) is 0 Å². The number of carbonyl (C=O) groups excluding carboxylic acids is 1. The fourth-order valence-corrected chi connectivity index (χ4v) is 2.68. The molecular formula is C15H13BrN2O3. The second-order valence-electron chi connectivity index (χ2n) is 4.61. The van der Waals surface area contributed by atoms with E-state index in [9.17, 15) is 4.79 Å². The maximum atomic E-state index is 11.6. The Morgan fingerprint density at radius 3 is 2.86 bits per heavy atom. The molecule has 1 aromatic heterocycles.